The third-order valence-electron chi connectivity index (χ3n) is 3.89. The molecule has 0 atom stereocenters. The molecule has 2 heterocycles. The fourth-order valence-corrected chi connectivity index (χ4v) is 2.88. The summed E-state index contributed by atoms with van der Waals surface area (Å²) in [5, 5.41) is 23.6. The number of nitrogens with zero attached hydrogens (tertiary/aromatic N) is 3. The van der Waals surface area contributed by atoms with Crippen LogP contribution in [-0.2, 0) is 0 Å². The fraction of sp³-hybridized carbons (Fsp3) is 0. The Morgan fingerprint density at radius 2 is 2.19 bits per heavy atom. The summed E-state index contributed by atoms with van der Waals surface area (Å²) in [6.07, 6.45) is 3.06. The second kappa shape index (κ2) is 6.35. The van der Waals surface area contributed by atoms with Crippen molar-refractivity contribution in [3.8, 4) is 17.3 Å². The Labute approximate surface area is 152 Å². The highest BCUT2D eigenvalue weighted by Gasteiger charge is 2.15. The monoisotopic (exact) mass is 363 g/mol. The molecule has 0 unspecified atom stereocenters. The number of carbonyl (C=O) groups is 1. The molecule has 8 heteroatoms. The van der Waals surface area contributed by atoms with E-state index in [1.807, 2.05) is 12.1 Å². The number of rotatable bonds is 3. The van der Waals surface area contributed by atoms with Gasteiger partial charge in [-0.3, -0.25) is 9.89 Å². The first-order valence-electron chi connectivity index (χ1n) is 7.55. The number of fused-ring (bicyclic) bond motifs is 1. The third kappa shape index (κ3) is 2.68. The van der Waals surface area contributed by atoms with Gasteiger partial charge in [0.05, 0.1) is 33.4 Å². The average Bonchev–Trinajstić information content (AvgIpc) is 3.30. The highest BCUT2D eigenvalue weighted by molar-refractivity contribution is 6.35. The van der Waals surface area contributed by atoms with E-state index in [2.05, 4.69) is 20.7 Å². The normalized spacial score (nSPS) is 10.6. The molecule has 0 spiro atoms. The van der Waals surface area contributed by atoms with Crippen LogP contribution in [-0.4, -0.2) is 21.3 Å². The topological polar surface area (TPSA) is 108 Å². The fourth-order valence-electron chi connectivity index (χ4n) is 2.63. The highest BCUT2D eigenvalue weighted by atomic mass is 35.5. The van der Waals surface area contributed by atoms with E-state index in [1.54, 1.807) is 36.5 Å². The van der Waals surface area contributed by atoms with Gasteiger partial charge >= 0.3 is 0 Å². The Hall–Kier alpha value is -3.63. The van der Waals surface area contributed by atoms with Crippen molar-refractivity contribution in [1.29, 1.82) is 5.26 Å². The van der Waals surface area contributed by atoms with Crippen LogP contribution in [0.1, 0.15) is 15.9 Å². The minimum absolute atomic E-state index is 0.127. The molecule has 0 aliphatic carbocycles. The molecule has 4 aromatic rings. The number of hydrogen-bond acceptors (Lipinski definition) is 5. The zero-order chi connectivity index (χ0) is 18.1. The average molecular weight is 364 g/mol. The van der Waals surface area contributed by atoms with Crippen molar-refractivity contribution in [1.82, 2.24) is 15.4 Å². The molecule has 0 aliphatic heterocycles. The lowest BCUT2D eigenvalue weighted by Crippen LogP contribution is -2.12. The summed E-state index contributed by atoms with van der Waals surface area (Å²) in [6, 6.07) is 12.0. The van der Waals surface area contributed by atoms with Crippen LogP contribution in [0, 0.1) is 11.3 Å². The van der Waals surface area contributed by atoms with E-state index in [0.29, 0.717) is 11.4 Å². The first-order chi connectivity index (χ1) is 12.7. The molecule has 4 rings (SSSR count). The first-order valence-corrected chi connectivity index (χ1v) is 7.93. The standard InChI is InChI=1S/C18H10ClN5O2/c19-16-10(7-20)2-1-3-13(16)18(25)22-12-4-5-15-14(6-12)17(24-23-15)11-8-21-26-9-11/h1-6,8-9H,(H,22,25)(H,23,24). The summed E-state index contributed by atoms with van der Waals surface area (Å²) in [6.45, 7) is 0. The number of nitrogens with one attached hydrogen (secondary N) is 2. The first kappa shape index (κ1) is 15.9. The van der Waals surface area contributed by atoms with Gasteiger partial charge in [-0.05, 0) is 30.3 Å². The number of anilines is 1. The molecule has 7 nitrogen and oxygen atoms in total. The smallest absolute Gasteiger partial charge is 0.257 e. The largest absolute Gasteiger partial charge is 0.364 e. The number of benzene rings is 2. The predicted octanol–water partition coefficient (Wildman–Crippen LogP) is 4.00. The third-order valence-corrected chi connectivity index (χ3v) is 4.30. The second-order valence-electron chi connectivity index (χ2n) is 5.48. The van der Waals surface area contributed by atoms with E-state index >= 15 is 0 Å². The number of carbonyl (C=O) groups excluding carboxylic acids is 1. The maximum absolute atomic E-state index is 12.5. The van der Waals surface area contributed by atoms with Crippen LogP contribution in [0.5, 0.6) is 0 Å². The Morgan fingerprint density at radius 1 is 1.31 bits per heavy atom. The number of halogens is 1. The van der Waals surface area contributed by atoms with Crippen LogP contribution in [0.2, 0.25) is 5.02 Å². The maximum Gasteiger partial charge on any atom is 0.257 e. The van der Waals surface area contributed by atoms with E-state index in [1.165, 1.54) is 6.26 Å². The molecule has 0 saturated carbocycles. The second-order valence-corrected chi connectivity index (χ2v) is 5.86. The van der Waals surface area contributed by atoms with Gasteiger partial charge in [-0.15, -0.1) is 0 Å². The van der Waals surface area contributed by atoms with Crippen molar-refractivity contribution in [3.05, 3.63) is 65.0 Å². The summed E-state index contributed by atoms with van der Waals surface area (Å²) >= 11 is 6.12. The van der Waals surface area contributed by atoms with Crippen LogP contribution in [0.15, 0.2) is 53.4 Å². The zero-order valence-electron chi connectivity index (χ0n) is 13.2. The van der Waals surface area contributed by atoms with Crippen molar-refractivity contribution in [3.63, 3.8) is 0 Å². The molecule has 0 aliphatic rings. The number of aromatic nitrogens is 3. The molecule has 0 fully saturated rings. The Bertz CT molecular complexity index is 1160. The molecule has 1 amide bonds. The van der Waals surface area contributed by atoms with Crippen molar-refractivity contribution >= 4 is 34.1 Å². The van der Waals surface area contributed by atoms with Crippen molar-refractivity contribution in [2.75, 3.05) is 5.32 Å². The molecule has 126 valence electrons. The zero-order valence-corrected chi connectivity index (χ0v) is 13.9. The van der Waals surface area contributed by atoms with Crippen LogP contribution in [0.25, 0.3) is 22.2 Å². The predicted molar refractivity (Wildman–Crippen MR) is 95.7 cm³/mol. The van der Waals surface area contributed by atoms with Gasteiger partial charge in [0.1, 0.15) is 18.0 Å². The van der Waals surface area contributed by atoms with Gasteiger partial charge < -0.3 is 9.84 Å². The van der Waals surface area contributed by atoms with Gasteiger partial charge in [0.15, 0.2) is 0 Å². The van der Waals surface area contributed by atoms with Gasteiger partial charge in [-0.2, -0.15) is 10.4 Å². The van der Waals surface area contributed by atoms with Crippen LogP contribution >= 0.6 is 11.6 Å². The molecule has 0 saturated heterocycles. The number of H-pyrrole nitrogens is 1. The van der Waals surface area contributed by atoms with Gasteiger partial charge in [0.25, 0.3) is 5.91 Å². The molecule has 0 bridgehead atoms. The van der Waals surface area contributed by atoms with E-state index in [0.717, 1.165) is 16.5 Å². The number of amides is 1. The Morgan fingerprint density at radius 3 is 2.96 bits per heavy atom. The number of hydrogen-bond donors (Lipinski definition) is 2. The number of nitriles is 1. The molecule has 26 heavy (non-hydrogen) atoms. The van der Waals surface area contributed by atoms with Crippen molar-refractivity contribution in [2.45, 2.75) is 0 Å². The summed E-state index contributed by atoms with van der Waals surface area (Å²) in [7, 11) is 0. The van der Waals surface area contributed by atoms with Crippen LogP contribution in [0.4, 0.5) is 5.69 Å². The summed E-state index contributed by atoms with van der Waals surface area (Å²) in [5.74, 6) is -0.401. The van der Waals surface area contributed by atoms with Gasteiger partial charge in [0.2, 0.25) is 0 Å². The van der Waals surface area contributed by atoms with Gasteiger partial charge in [-0.25, -0.2) is 0 Å². The SMILES string of the molecule is N#Cc1cccc(C(=O)Nc2ccc3[nH]nc(-c4cnoc4)c3c2)c1Cl. The van der Waals surface area contributed by atoms with E-state index in [9.17, 15) is 4.79 Å². The highest BCUT2D eigenvalue weighted by Crippen LogP contribution is 2.29. The minimum atomic E-state index is -0.401. The summed E-state index contributed by atoms with van der Waals surface area (Å²) in [4.78, 5) is 12.5. The van der Waals surface area contributed by atoms with Crippen molar-refractivity contribution < 1.29 is 9.32 Å². The molecule has 2 aromatic heterocycles. The minimum Gasteiger partial charge on any atom is -0.364 e. The summed E-state index contributed by atoms with van der Waals surface area (Å²) < 4.78 is 4.86. The summed E-state index contributed by atoms with van der Waals surface area (Å²) in [5.41, 5.74) is 3.26. The van der Waals surface area contributed by atoms with Crippen LogP contribution in [0.3, 0.4) is 0 Å². The van der Waals surface area contributed by atoms with Crippen molar-refractivity contribution in [2.24, 2.45) is 0 Å². The number of aromatic amines is 1. The molecule has 2 N–H and O–H groups in total. The van der Waals surface area contributed by atoms with Crippen LogP contribution < -0.4 is 5.32 Å². The van der Waals surface area contributed by atoms with Gasteiger partial charge in [0, 0.05) is 11.1 Å². The Kier molecular flexibility index (Phi) is 3.88. The lowest BCUT2D eigenvalue weighted by Gasteiger charge is -2.08. The van der Waals surface area contributed by atoms with E-state index in [-0.39, 0.29) is 16.1 Å². The van der Waals surface area contributed by atoms with E-state index in [4.69, 9.17) is 21.4 Å². The molecular weight excluding hydrogens is 354 g/mol. The molecule has 2 aromatic carbocycles. The lowest BCUT2D eigenvalue weighted by atomic mass is 10.1. The van der Waals surface area contributed by atoms with E-state index < -0.39 is 5.91 Å². The maximum atomic E-state index is 12.5. The molecular formula is C18H10ClN5O2. The molecule has 0 radical (unpaired) electrons. The quantitative estimate of drug-likeness (QED) is 0.572. The Balaban J connectivity index is 1.69. The van der Waals surface area contributed by atoms with Gasteiger partial charge in [-0.1, -0.05) is 22.8 Å². The lowest BCUT2D eigenvalue weighted by molar-refractivity contribution is 0.102.